The number of hydrogen-bond donors (Lipinski definition) is 0. The van der Waals surface area contributed by atoms with Crippen molar-refractivity contribution < 1.29 is 4.42 Å². The van der Waals surface area contributed by atoms with Crippen molar-refractivity contribution in [1.82, 2.24) is 0 Å². The number of thiophene rings is 1. The monoisotopic (exact) mass is 743 g/mol. The average Bonchev–Trinajstić information content (AvgIpc) is 3.87. The molecule has 2 heterocycles. The first-order valence-electron chi connectivity index (χ1n) is 19.4. The van der Waals surface area contributed by atoms with E-state index in [0.717, 1.165) is 55.5 Å². The summed E-state index contributed by atoms with van der Waals surface area (Å²) in [6.07, 6.45) is 0. The standard InChI is InChI=1S/C54H33NOS/c1-2-13-34(14-3-1)38-32-48(52-49(33-38)56-53-46-21-9-7-18-43(46)42-17-6-8-20-45(42)51(52)53)55(40-30-25-35-15-4-5-16-37(35)31-40)39-28-26-36(27-29-39)41-22-12-23-47-44-19-10-11-24-50(44)57-54(41)47/h1-33H. The molecule has 0 atom stereocenters. The summed E-state index contributed by atoms with van der Waals surface area (Å²) in [6, 6.07) is 72.6. The maximum Gasteiger partial charge on any atom is 0.143 e. The number of rotatable bonds is 5. The molecular formula is C54H33NOS. The number of anilines is 3. The van der Waals surface area contributed by atoms with Gasteiger partial charge in [0.15, 0.2) is 0 Å². The molecule has 0 unspecified atom stereocenters. The summed E-state index contributed by atoms with van der Waals surface area (Å²) in [5.74, 6) is 0. The van der Waals surface area contributed by atoms with Gasteiger partial charge in [0.1, 0.15) is 11.2 Å². The number of hydrogen-bond acceptors (Lipinski definition) is 3. The topological polar surface area (TPSA) is 16.4 Å². The first-order valence-corrected chi connectivity index (χ1v) is 20.2. The van der Waals surface area contributed by atoms with Gasteiger partial charge < -0.3 is 9.32 Å². The summed E-state index contributed by atoms with van der Waals surface area (Å²) in [5, 5.41) is 12.0. The molecule has 2 nitrogen and oxygen atoms in total. The Hall–Kier alpha value is -7.20. The number of fused-ring (bicyclic) bond motifs is 12. The molecular weight excluding hydrogens is 711 g/mol. The van der Waals surface area contributed by atoms with Crippen LogP contribution in [0.2, 0.25) is 0 Å². The van der Waals surface area contributed by atoms with Crippen LogP contribution in [-0.2, 0) is 0 Å². The van der Waals surface area contributed by atoms with Crippen molar-refractivity contribution in [2.75, 3.05) is 4.90 Å². The Bertz CT molecular complexity index is 3520. The van der Waals surface area contributed by atoms with Gasteiger partial charge in [-0.05, 0) is 91.6 Å². The molecule has 10 aromatic carbocycles. The normalized spacial score (nSPS) is 11.9. The second-order valence-corrected chi connectivity index (χ2v) is 15.9. The molecule has 0 bridgehead atoms. The lowest BCUT2D eigenvalue weighted by molar-refractivity contribution is 0.673. The predicted octanol–water partition coefficient (Wildman–Crippen LogP) is 16.2. The highest BCUT2D eigenvalue weighted by atomic mass is 32.1. The third-order valence-electron chi connectivity index (χ3n) is 11.6. The maximum atomic E-state index is 7.09. The lowest BCUT2D eigenvalue weighted by Crippen LogP contribution is -2.10. The summed E-state index contributed by atoms with van der Waals surface area (Å²) in [7, 11) is 0. The first-order chi connectivity index (χ1) is 28.3. The molecule has 0 saturated heterocycles. The fourth-order valence-electron chi connectivity index (χ4n) is 8.99. The van der Waals surface area contributed by atoms with Crippen LogP contribution in [0.15, 0.2) is 205 Å². The minimum Gasteiger partial charge on any atom is -0.455 e. The van der Waals surface area contributed by atoms with Gasteiger partial charge in [-0.3, -0.25) is 0 Å². The van der Waals surface area contributed by atoms with Crippen LogP contribution in [0, 0.1) is 0 Å². The van der Waals surface area contributed by atoms with E-state index in [1.165, 1.54) is 58.2 Å². The molecule has 12 aromatic rings. The van der Waals surface area contributed by atoms with Crippen molar-refractivity contribution in [3.8, 4) is 22.3 Å². The van der Waals surface area contributed by atoms with Gasteiger partial charge >= 0.3 is 0 Å². The van der Waals surface area contributed by atoms with Gasteiger partial charge in [-0.25, -0.2) is 0 Å². The number of benzene rings is 10. The minimum absolute atomic E-state index is 0.863. The largest absolute Gasteiger partial charge is 0.455 e. The summed E-state index contributed by atoms with van der Waals surface area (Å²) in [5.41, 5.74) is 9.69. The second kappa shape index (κ2) is 12.7. The van der Waals surface area contributed by atoms with E-state index in [2.05, 4.69) is 205 Å². The SMILES string of the molecule is c1ccc(-c2cc(N(c3ccc(-c4cccc5c4sc4ccccc45)cc3)c3ccc4ccccc4c3)c3c(c2)oc2c4ccccc4c4ccccc4c23)cc1. The molecule has 0 radical (unpaired) electrons. The molecule has 266 valence electrons. The van der Waals surface area contributed by atoms with Gasteiger partial charge in [-0.2, -0.15) is 0 Å². The van der Waals surface area contributed by atoms with E-state index in [4.69, 9.17) is 4.42 Å². The molecule has 0 aliphatic rings. The zero-order chi connectivity index (χ0) is 37.5. The third-order valence-corrected chi connectivity index (χ3v) is 12.8. The van der Waals surface area contributed by atoms with Gasteiger partial charge in [0.25, 0.3) is 0 Å². The molecule has 57 heavy (non-hydrogen) atoms. The van der Waals surface area contributed by atoms with E-state index < -0.39 is 0 Å². The lowest BCUT2D eigenvalue weighted by Gasteiger charge is -2.27. The van der Waals surface area contributed by atoms with Gasteiger partial charge in [0.05, 0.1) is 11.1 Å². The number of furan rings is 1. The molecule has 0 saturated carbocycles. The highest BCUT2D eigenvalue weighted by Crippen LogP contribution is 2.49. The van der Waals surface area contributed by atoms with Crippen LogP contribution in [0.4, 0.5) is 17.1 Å². The van der Waals surface area contributed by atoms with Crippen LogP contribution in [0.5, 0.6) is 0 Å². The zero-order valence-electron chi connectivity index (χ0n) is 30.8. The van der Waals surface area contributed by atoms with Crippen molar-refractivity contribution in [2.45, 2.75) is 0 Å². The van der Waals surface area contributed by atoms with Crippen LogP contribution >= 0.6 is 11.3 Å². The molecule has 3 heteroatoms. The predicted molar refractivity (Wildman–Crippen MR) is 245 cm³/mol. The quantitative estimate of drug-likeness (QED) is 0.163. The van der Waals surface area contributed by atoms with Crippen molar-refractivity contribution in [3.05, 3.63) is 200 Å². The minimum atomic E-state index is 0.863. The van der Waals surface area contributed by atoms with E-state index in [1.807, 2.05) is 11.3 Å². The van der Waals surface area contributed by atoms with Gasteiger partial charge in [-0.1, -0.05) is 158 Å². The lowest BCUT2D eigenvalue weighted by atomic mass is 9.94. The Labute approximate surface area is 333 Å². The molecule has 0 spiro atoms. The van der Waals surface area contributed by atoms with Crippen LogP contribution in [0.1, 0.15) is 0 Å². The van der Waals surface area contributed by atoms with Crippen LogP contribution < -0.4 is 4.90 Å². The summed E-state index contributed by atoms with van der Waals surface area (Å²) >= 11 is 1.87. The second-order valence-electron chi connectivity index (χ2n) is 14.8. The van der Waals surface area contributed by atoms with E-state index in [9.17, 15) is 0 Å². The Balaban J connectivity index is 1.16. The van der Waals surface area contributed by atoms with Crippen molar-refractivity contribution in [3.63, 3.8) is 0 Å². The Morgan fingerprint density at radius 2 is 1.04 bits per heavy atom. The third kappa shape index (κ3) is 5.03. The highest BCUT2D eigenvalue weighted by molar-refractivity contribution is 7.26. The molecule has 0 aliphatic carbocycles. The Kier molecular flexibility index (Phi) is 7.13. The van der Waals surface area contributed by atoms with Crippen LogP contribution in [0.3, 0.4) is 0 Å². The fraction of sp³-hybridized carbons (Fsp3) is 0. The molecule has 0 amide bonds. The van der Waals surface area contributed by atoms with E-state index in [1.54, 1.807) is 0 Å². The van der Waals surface area contributed by atoms with Gasteiger partial charge in [0.2, 0.25) is 0 Å². The molecule has 2 aromatic heterocycles. The van der Waals surface area contributed by atoms with E-state index in [0.29, 0.717) is 0 Å². The summed E-state index contributed by atoms with van der Waals surface area (Å²) in [6.45, 7) is 0. The molecule has 0 N–H and O–H groups in total. The van der Waals surface area contributed by atoms with Crippen molar-refractivity contribution >= 4 is 103 Å². The summed E-state index contributed by atoms with van der Waals surface area (Å²) < 4.78 is 9.72. The van der Waals surface area contributed by atoms with E-state index in [-0.39, 0.29) is 0 Å². The van der Waals surface area contributed by atoms with E-state index >= 15 is 0 Å². The number of nitrogens with zero attached hydrogens (tertiary/aromatic N) is 1. The highest BCUT2D eigenvalue weighted by Gasteiger charge is 2.24. The van der Waals surface area contributed by atoms with Crippen molar-refractivity contribution in [1.29, 1.82) is 0 Å². The fourth-order valence-corrected chi connectivity index (χ4v) is 10.2. The van der Waals surface area contributed by atoms with Gasteiger partial charge in [0, 0.05) is 42.3 Å². The van der Waals surface area contributed by atoms with Crippen molar-refractivity contribution in [2.24, 2.45) is 0 Å². The maximum absolute atomic E-state index is 7.09. The molecule has 12 rings (SSSR count). The van der Waals surface area contributed by atoms with Crippen LogP contribution in [0.25, 0.3) is 96.7 Å². The molecule has 0 aliphatic heterocycles. The molecule has 0 fully saturated rings. The Morgan fingerprint density at radius 1 is 0.386 bits per heavy atom. The first kappa shape index (κ1) is 32.1. The zero-order valence-corrected chi connectivity index (χ0v) is 31.6. The Morgan fingerprint density at radius 3 is 1.86 bits per heavy atom. The van der Waals surface area contributed by atoms with Crippen LogP contribution in [-0.4, -0.2) is 0 Å². The average molecular weight is 744 g/mol. The van der Waals surface area contributed by atoms with Gasteiger partial charge in [-0.15, -0.1) is 11.3 Å². The smallest absolute Gasteiger partial charge is 0.143 e. The summed E-state index contributed by atoms with van der Waals surface area (Å²) in [4.78, 5) is 2.43.